The molecule has 0 aliphatic carbocycles. The Morgan fingerprint density at radius 2 is 2.10 bits per heavy atom. The molecule has 3 unspecified atom stereocenters. The molecule has 2 nitrogen and oxygen atoms in total. The zero-order valence-electron chi connectivity index (χ0n) is 10.7. The number of hydrogen-bond acceptors (Lipinski definition) is 2. The molecule has 3 heterocycles. The average molecular weight is 301 g/mol. The van der Waals surface area contributed by atoms with Gasteiger partial charge in [0.15, 0.2) is 0 Å². The van der Waals surface area contributed by atoms with Gasteiger partial charge in [0.2, 0.25) is 0 Å². The van der Waals surface area contributed by atoms with Crippen molar-refractivity contribution in [3.63, 3.8) is 0 Å². The zero-order valence-corrected chi connectivity index (χ0v) is 11.5. The summed E-state index contributed by atoms with van der Waals surface area (Å²) in [7, 11) is -0.879. The highest BCUT2D eigenvalue weighted by molar-refractivity contribution is 7.86. The highest BCUT2D eigenvalue weighted by Gasteiger charge is 2.35. The fraction of sp³-hybridized carbons (Fsp3) is 0.500. The molecule has 0 aromatic carbocycles. The Balaban J connectivity index is 1.96. The molecule has 0 N–H and O–H groups in total. The molecule has 1 fully saturated rings. The lowest BCUT2D eigenvalue weighted by atomic mass is 9.95. The van der Waals surface area contributed by atoms with Crippen molar-refractivity contribution in [2.45, 2.75) is 42.4 Å². The van der Waals surface area contributed by atoms with Gasteiger partial charge in [-0.15, -0.1) is 0 Å². The molecule has 2 aliphatic rings. The second-order valence-corrected chi connectivity index (χ2v) is 7.17. The number of halogens is 3. The first-order valence-corrected chi connectivity index (χ1v) is 7.86. The molecule has 3 atom stereocenters. The van der Waals surface area contributed by atoms with Crippen molar-refractivity contribution in [3.8, 4) is 0 Å². The third-order valence-electron chi connectivity index (χ3n) is 3.89. The van der Waals surface area contributed by atoms with E-state index in [-0.39, 0.29) is 10.5 Å². The fourth-order valence-electron chi connectivity index (χ4n) is 2.87. The van der Waals surface area contributed by atoms with Crippen LogP contribution in [0.1, 0.15) is 36.9 Å². The summed E-state index contributed by atoms with van der Waals surface area (Å²) in [6, 6.07) is 2.07. The Hall–Kier alpha value is -1.17. The number of nitrogens with zero attached hydrogens (tertiary/aromatic N) is 1. The number of allylic oxidation sites excluding steroid dienone is 1. The largest absolute Gasteiger partial charge is 0.416 e. The molecule has 0 amide bonds. The molecule has 108 valence electrons. The zero-order chi connectivity index (χ0) is 14.3. The van der Waals surface area contributed by atoms with E-state index in [1.165, 1.54) is 6.20 Å². The minimum atomic E-state index is -4.36. The average Bonchev–Trinajstić information content (AvgIpc) is 2.37. The molecule has 0 radical (unpaired) electrons. The van der Waals surface area contributed by atoms with Crippen LogP contribution in [0.15, 0.2) is 24.4 Å². The summed E-state index contributed by atoms with van der Waals surface area (Å²) in [5.74, 6) is 0. The van der Waals surface area contributed by atoms with Gasteiger partial charge in [-0.25, -0.2) is 0 Å². The van der Waals surface area contributed by atoms with Gasteiger partial charge < -0.3 is 0 Å². The van der Waals surface area contributed by atoms with Gasteiger partial charge in [0, 0.05) is 22.2 Å². The lowest BCUT2D eigenvalue weighted by Crippen LogP contribution is -2.33. The van der Waals surface area contributed by atoms with Crippen molar-refractivity contribution >= 4 is 16.4 Å². The van der Waals surface area contributed by atoms with Gasteiger partial charge in [0.05, 0.1) is 16.5 Å². The van der Waals surface area contributed by atoms with Crippen molar-refractivity contribution in [1.82, 2.24) is 4.98 Å². The molecule has 0 spiro atoms. The van der Waals surface area contributed by atoms with E-state index in [2.05, 4.69) is 4.98 Å². The van der Waals surface area contributed by atoms with E-state index < -0.39 is 22.5 Å². The predicted molar refractivity (Wildman–Crippen MR) is 71.4 cm³/mol. The molecule has 1 aromatic heterocycles. The molecule has 3 rings (SSSR count). The molecule has 1 aromatic rings. The van der Waals surface area contributed by atoms with Gasteiger partial charge in [0.25, 0.3) is 0 Å². The fourth-order valence-corrected chi connectivity index (χ4v) is 4.81. The van der Waals surface area contributed by atoms with Gasteiger partial charge >= 0.3 is 6.18 Å². The van der Waals surface area contributed by atoms with Gasteiger partial charge in [-0.2, -0.15) is 13.2 Å². The van der Waals surface area contributed by atoms with Crippen LogP contribution >= 0.6 is 0 Å². The molecule has 2 aliphatic heterocycles. The van der Waals surface area contributed by atoms with Gasteiger partial charge in [-0.1, -0.05) is 12.5 Å². The Kier molecular flexibility index (Phi) is 3.44. The summed E-state index contributed by atoms with van der Waals surface area (Å²) in [5.41, 5.74) is 0.499. The summed E-state index contributed by atoms with van der Waals surface area (Å²) in [6.07, 6.45) is 2.06. The number of aromatic nitrogens is 1. The number of rotatable bonds is 1. The van der Waals surface area contributed by atoms with E-state index in [0.29, 0.717) is 12.1 Å². The maximum atomic E-state index is 12.7. The van der Waals surface area contributed by atoms with Gasteiger partial charge in [-0.3, -0.25) is 9.19 Å². The van der Waals surface area contributed by atoms with Crippen molar-refractivity contribution in [1.29, 1.82) is 0 Å². The second-order valence-electron chi connectivity index (χ2n) is 5.24. The Labute approximate surface area is 117 Å². The second kappa shape index (κ2) is 4.98. The van der Waals surface area contributed by atoms with Crippen LogP contribution in [0, 0.1) is 0 Å². The van der Waals surface area contributed by atoms with Crippen LogP contribution in [0.2, 0.25) is 0 Å². The normalized spacial score (nSPS) is 29.9. The first-order chi connectivity index (χ1) is 9.45. The minimum Gasteiger partial charge on any atom is -0.259 e. The molecular formula is C14H14F3NOS. The first-order valence-electron chi connectivity index (χ1n) is 6.59. The summed E-state index contributed by atoms with van der Waals surface area (Å²) in [5, 5.41) is 0.0546. The Morgan fingerprint density at radius 1 is 1.30 bits per heavy atom. The summed E-state index contributed by atoms with van der Waals surface area (Å²) in [4.78, 5) is 4.06. The highest BCUT2D eigenvalue weighted by atomic mass is 32.2. The van der Waals surface area contributed by atoms with Crippen molar-refractivity contribution in [2.24, 2.45) is 0 Å². The van der Waals surface area contributed by atoms with Crippen LogP contribution in [0.25, 0.3) is 5.57 Å². The molecule has 0 saturated carbocycles. The molecule has 6 heteroatoms. The third kappa shape index (κ3) is 2.53. The molecule has 1 saturated heterocycles. The van der Waals surface area contributed by atoms with Gasteiger partial charge in [0.1, 0.15) is 0 Å². The van der Waals surface area contributed by atoms with Crippen molar-refractivity contribution in [3.05, 3.63) is 35.7 Å². The molecule has 2 bridgehead atoms. The highest BCUT2D eigenvalue weighted by Crippen LogP contribution is 2.37. The molecule has 20 heavy (non-hydrogen) atoms. The number of alkyl halides is 3. The van der Waals surface area contributed by atoms with Crippen molar-refractivity contribution in [2.75, 3.05) is 0 Å². The van der Waals surface area contributed by atoms with Crippen LogP contribution < -0.4 is 0 Å². The van der Waals surface area contributed by atoms with Crippen LogP contribution in [0.5, 0.6) is 0 Å². The minimum absolute atomic E-state index is 0.0196. The van der Waals surface area contributed by atoms with Crippen LogP contribution in [0.3, 0.4) is 0 Å². The molecular weight excluding hydrogens is 287 g/mol. The predicted octanol–water partition coefficient (Wildman–Crippen LogP) is 3.56. The Morgan fingerprint density at radius 3 is 2.80 bits per heavy atom. The van der Waals surface area contributed by atoms with Crippen molar-refractivity contribution < 1.29 is 17.4 Å². The Bertz CT molecular complexity index is 582. The first kappa shape index (κ1) is 13.8. The van der Waals surface area contributed by atoms with Crippen LogP contribution in [-0.4, -0.2) is 19.7 Å². The van der Waals surface area contributed by atoms with E-state index in [9.17, 15) is 17.4 Å². The van der Waals surface area contributed by atoms with E-state index >= 15 is 0 Å². The number of fused-ring (bicyclic) bond motifs is 2. The van der Waals surface area contributed by atoms with Crippen LogP contribution in [0.4, 0.5) is 13.2 Å². The quantitative estimate of drug-likeness (QED) is 0.794. The smallest absolute Gasteiger partial charge is 0.259 e. The third-order valence-corrected chi connectivity index (χ3v) is 5.92. The summed E-state index contributed by atoms with van der Waals surface area (Å²) < 4.78 is 50.3. The topological polar surface area (TPSA) is 30.0 Å². The maximum Gasteiger partial charge on any atom is 0.416 e. The van der Waals surface area contributed by atoms with E-state index in [1.807, 2.05) is 6.08 Å². The number of hydrogen-bond donors (Lipinski definition) is 0. The van der Waals surface area contributed by atoms with Crippen LogP contribution in [-0.2, 0) is 17.0 Å². The van der Waals surface area contributed by atoms with E-state index in [1.54, 1.807) is 0 Å². The monoisotopic (exact) mass is 301 g/mol. The van der Waals surface area contributed by atoms with E-state index in [4.69, 9.17) is 0 Å². The van der Waals surface area contributed by atoms with E-state index in [0.717, 1.165) is 37.0 Å². The standard InChI is InChI=1S/C14H14F3NOS/c15-14(16,17)10-4-5-18-13(8-10)9-6-11-2-1-3-12(7-9)20(11)19/h4-6,8,11-12H,1-3,7H2. The number of pyridine rings is 1. The lowest BCUT2D eigenvalue weighted by molar-refractivity contribution is -0.137. The summed E-state index contributed by atoms with van der Waals surface area (Å²) in [6.45, 7) is 0. The summed E-state index contributed by atoms with van der Waals surface area (Å²) >= 11 is 0. The van der Waals surface area contributed by atoms with Gasteiger partial charge in [-0.05, 0) is 37.0 Å². The SMILES string of the molecule is O=S1C2C=C(c3cc(C(F)(F)F)ccn3)CC1CCC2. The lowest BCUT2D eigenvalue weighted by Gasteiger charge is -2.32. The maximum absolute atomic E-state index is 12.7.